The molecule has 1 aromatic carbocycles. The lowest BCUT2D eigenvalue weighted by Crippen LogP contribution is -2.40. The Bertz CT molecular complexity index is 968. The Morgan fingerprint density at radius 3 is 2.89 bits per heavy atom. The largest absolute Gasteiger partial charge is 0.497 e. The predicted molar refractivity (Wildman–Crippen MR) is 97.8 cm³/mol. The van der Waals surface area contributed by atoms with E-state index in [2.05, 4.69) is 15.3 Å². The number of aromatic nitrogens is 2. The van der Waals surface area contributed by atoms with Gasteiger partial charge in [0.15, 0.2) is 0 Å². The fraction of sp³-hybridized carbons (Fsp3) is 0.368. The van der Waals surface area contributed by atoms with Gasteiger partial charge in [-0.15, -0.1) is 0 Å². The van der Waals surface area contributed by atoms with Gasteiger partial charge in [-0.1, -0.05) is 0 Å². The van der Waals surface area contributed by atoms with E-state index in [1.807, 2.05) is 0 Å². The zero-order chi connectivity index (χ0) is 19.0. The fourth-order valence-corrected chi connectivity index (χ4v) is 3.77. The molecule has 0 bridgehead atoms. The molecule has 0 radical (unpaired) electrons. The minimum absolute atomic E-state index is 0.0985. The summed E-state index contributed by atoms with van der Waals surface area (Å²) in [5.41, 5.74) is 2.62. The third-order valence-electron chi connectivity index (χ3n) is 5.20. The summed E-state index contributed by atoms with van der Waals surface area (Å²) in [6.45, 7) is 0.901. The first-order chi connectivity index (χ1) is 13.1. The number of nitrogens with zero attached hydrogens (tertiary/aromatic N) is 2. The van der Waals surface area contributed by atoms with Crippen LogP contribution in [0.25, 0.3) is 0 Å². The number of methoxy groups -OCH3 is 1. The molecule has 0 aliphatic carbocycles. The van der Waals surface area contributed by atoms with Crippen molar-refractivity contribution < 1.29 is 14.3 Å². The third kappa shape index (κ3) is 3.18. The van der Waals surface area contributed by atoms with E-state index >= 15 is 0 Å². The van der Waals surface area contributed by atoms with Crippen LogP contribution in [0.4, 0.5) is 5.69 Å². The van der Waals surface area contributed by atoms with Crippen molar-refractivity contribution in [3.63, 3.8) is 0 Å². The third-order valence-corrected chi connectivity index (χ3v) is 5.20. The summed E-state index contributed by atoms with van der Waals surface area (Å²) in [6.07, 6.45) is 2.47. The summed E-state index contributed by atoms with van der Waals surface area (Å²) in [6, 6.07) is 5.32. The molecule has 1 unspecified atom stereocenters. The second-order valence-corrected chi connectivity index (χ2v) is 6.74. The number of carbonyl (C=O) groups excluding carboxylic acids is 2. The maximum absolute atomic E-state index is 13.2. The molecule has 2 aliphatic heterocycles. The van der Waals surface area contributed by atoms with Crippen molar-refractivity contribution in [3.05, 3.63) is 51.7 Å². The van der Waals surface area contributed by atoms with Gasteiger partial charge >= 0.3 is 0 Å². The minimum Gasteiger partial charge on any atom is -0.497 e. The number of ether oxygens (including phenoxy) is 1. The number of hydrogen-bond acceptors (Lipinski definition) is 5. The van der Waals surface area contributed by atoms with E-state index in [1.54, 1.807) is 30.2 Å². The molecule has 8 heteroatoms. The van der Waals surface area contributed by atoms with Crippen molar-refractivity contribution in [1.29, 1.82) is 0 Å². The Morgan fingerprint density at radius 1 is 1.26 bits per heavy atom. The van der Waals surface area contributed by atoms with E-state index in [-0.39, 0.29) is 23.8 Å². The molecule has 1 atom stereocenters. The normalized spacial score (nSPS) is 18.8. The first-order valence-corrected chi connectivity index (χ1v) is 8.89. The first kappa shape index (κ1) is 17.3. The molecule has 0 saturated carbocycles. The van der Waals surface area contributed by atoms with Crippen molar-refractivity contribution in [1.82, 2.24) is 14.9 Å². The molecule has 8 nitrogen and oxygen atoms in total. The number of rotatable bonds is 2. The van der Waals surface area contributed by atoms with Crippen LogP contribution in [0.1, 0.15) is 29.2 Å². The number of aromatic amines is 1. The number of benzene rings is 1. The number of anilines is 1. The number of carbonyl (C=O) groups is 2. The van der Waals surface area contributed by atoms with Gasteiger partial charge in [0.25, 0.3) is 5.56 Å². The van der Waals surface area contributed by atoms with Gasteiger partial charge in [-0.3, -0.25) is 14.4 Å². The SMILES string of the molecule is COc1ccc2c(c1)C(C(=O)N1CCc3nc[nH]c(=O)c3CC1)CC(=O)N2. The second kappa shape index (κ2) is 6.86. The zero-order valence-electron chi connectivity index (χ0n) is 14.9. The molecular formula is C19H20N4O4. The maximum atomic E-state index is 13.2. The predicted octanol–water partition coefficient (Wildman–Crippen LogP) is 0.832. The molecule has 3 heterocycles. The molecule has 0 spiro atoms. The van der Waals surface area contributed by atoms with Gasteiger partial charge in [-0.2, -0.15) is 0 Å². The van der Waals surface area contributed by atoms with Gasteiger partial charge in [0.1, 0.15) is 5.75 Å². The van der Waals surface area contributed by atoms with E-state index in [0.717, 1.165) is 11.3 Å². The van der Waals surface area contributed by atoms with E-state index < -0.39 is 5.92 Å². The summed E-state index contributed by atoms with van der Waals surface area (Å²) in [7, 11) is 1.57. The Labute approximate surface area is 155 Å². The van der Waals surface area contributed by atoms with Crippen molar-refractivity contribution in [3.8, 4) is 5.75 Å². The highest BCUT2D eigenvalue weighted by atomic mass is 16.5. The second-order valence-electron chi connectivity index (χ2n) is 6.74. The monoisotopic (exact) mass is 368 g/mol. The maximum Gasteiger partial charge on any atom is 0.254 e. The van der Waals surface area contributed by atoms with Gasteiger partial charge in [-0.05, 0) is 30.2 Å². The van der Waals surface area contributed by atoms with Crippen LogP contribution >= 0.6 is 0 Å². The van der Waals surface area contributed by atoms with Crippen LogP contribution < -0.4 is 15.6 Å². The van der Waals surface area contributed by atoms with E-state index in [9.17, 15) is 14.4 Å². The van der Waals surface area contributed by atoms with Crippen LogP contribution in [0.3, 0.4) is 0 Å². The van der Waals surface area contributed by atoms with Gasteiger partial charge < -0.3 is 19.9 Å². The van der Waals surface area contributed by atoms with Crippen molar-refractivity contribution in [2.24, 2.45) is 0 Å². The first-order valence-electron chi connectivity index (χ1n) is 8.89. The lowest BCUT2D eigenvalue weighted by atomic mass is 9.89. The molecule has 2 amide bonds. The Hall–Kier alpha value is -3.16. The number of nitrogens with one attached hydrogen (secondary N) is 2. The average molecular weight is 368 g/mol. The molecule has 2 N–H and O–H groups in total. The number of H-pyrrole nitrogens is 1. The van der Waals surface area contributed by atoms with Crippen LogP contribution in [0.5, 0.6) is 5.75 Å². The summed E-state index contributed by atoms with van der Waals surface area (Å²) < 4.78 is 5.27. The molecule has 0 fully saturated rings. The van der Waals surface area contributed by atoms with Crippen LogP contribution in [0, 0.1) is 0 Å². The zero-order valence-corrected chi connectivity index (χ0v) is 14.9. The summed E-state index contributed by atoms with van der Waals surface area (Å²) in [5, 5.41) is 2.81. The molecule has 27 heavy (non-hydrogen) atoms. The van der Waals surface area contributed by atoms with Crippen LogP contribution in [-0.4, -0.2) is 46.9 Å². The molecule has 2 aromatic rings. The highest BCUT2D eigenvalue weighted by Crippen LogP contribution is 2.36. The van der Waals surface area contributed by atoms with Gasteiger partial charge in [0.05, 0.1) is 25.0 Å². The average Bonchev–Trinajstić information content (AvgIpc) is 2.90. The van der Waals surface area contributed by atoms with E-state index in [1.165, 1.54) is 6.33 Å². The Balaban J connectivity index is 1.61. The minimum atomic E-state index is -0.559. The fourth-order valence-electron chi connectivity index (χ4n) is 3.77. The highest BCUT2D eigenvalue weighted by molar-refractivity contribution is 6.01. The highest BCUT2D eigenvalue weighted by Gasteiger charge is 2.34. The quantitative estimate of drug-likeness (QED) is 0.817. The molecule has 4 rings (SSSR count). The standard InChI is InChI=1S/C19H20N4O4/c1-27-11-2-3-16-13(8-11)14(9-17(24)22-16)19(26)23-6-4-12-15(5-7-23)20-10-21-18(12)25/h2-3,8,10,14H,4-7,9H2,1H3,(H,22,24)(H,20,21,25). The molecular weight excluding hydrogens is 348 g/mol. The van der Waals surface area contributed by atoms with Crippen LogP contribution in [-0.2, 0) is 22.4 Å². The lowest BCUT2D eigenvalue weighted by molar-refractivity contribution is -0.134. The topological polar surface area (TPSA) is 104 Å². The molecule has 140 valence electrons. The van der Waals surface area contributed by atoms with E-state index in [0.29, 0.717) is 42.9 Å². The molecule has 0 saturated heterocycles. The van der Waals surface area contributed by atoms with Crippen molar-refractivity contribution in [2.45, 2.75) is 25.2 Å². The number of hydrogen-bond donors (Lipinski definition) is 2. The van der Waals surface area contributed by atoms with Crippen molar-refractivity contribution in [2.75, 3.05) is 25.5 Å². The van der Waals surface area contributed by atoms with Crippen LogP contribution in [0.15, 0.2) is 29.3 Å². The summed E-state index contributed by atoms with van der Waals surface area (Å²) in [4.78, 5) is 45.9. The lowest BCUT2D eigenvalue weighted by Gasteiger charge is -2.30. The summed E-state index contributed by atoms with van der Waals surface area (Å²) >= 11 is 0. The number of amides is 2. The Kier molecular flexibility index (Phi) is 4.39. The number of fused-ring (bicyclic) bond motifs is 2. The van der Waals surface area contributed by atoms with Crippen molar-refractivity contribution >= 4 is 17.5 Å². The molecule has 1 aromatic heterocycles. The van der Waals surface area contributed by atoms with Crippen LogP contribution in [0.2, 0.25) is 0 Å². The van der Waals surface area contributed by atoms with Gasteiger partial charge in [-0.25, -0.2) is 4.98 Å². The smallest absolute Gasteiger partial charge is 0.254 e. The summed E-state index contributed by atoms with van der Waals surface area (Å²) in [5.74, 6) is -0.205. The van der Waals surface area contributed by atoms with Gasteiger partial charge in [0.2, 0.25) is 11.8 Å². The Morgan fingerprint density at radius 2 is 2.07 bits per heavy atom. The van der Waals surface area contributed by atoms with E-state index in [4.69, 9.17) is 4.74 Å². The molecule has 2 aliphatic rings. The van der Waals surface area contributed by atoms with Gasteiger partial charge in [0, 0.05) is 37.2 Å².